The molecule has 0 unspecified atom stereocenters. The van der Waals surface area contributed by atoms with E-state index in [2.05, 4.69) is 46.5 Å². The molecule has 0 radical (unpaired) electrons. The van der Waals surface area contributed by atoms with Crippen molar-refractivity contribution in [3.63, 3.8) is 0 Å². The molecule has 126 valence electrons. The number of likely N-dealkylation sites (N-methyl/N-ethyl adjacent to an activating group) is 1. The van der Waals surface area contributed by atoms with E-state index in [0.29, 0.717) is 0 Å². The SMILES string of the molecule is CCNCCN(CCNCCN1CCNCC1)CC(C)C. The fraction of sp³-hybridized carbons (Fsp3) is 1.00. The van der Waals surface area contributed by atoms with Crippen LogP contribution in [0.5, 0.6) is 0 Å². The van der Waals surface area contributed by atoms with Crippen LogP contribution in [0.3, 0.4) is 0 Å². The summed E-state index contributed by atoms with van der Waals surface area (Å²) in [7, 11) is 0. The summed E-state index contributed by atoms with van der Waals surface area (Å²) in [6.07, 6.45) is 0. The van der Waals surface area contributed by atoms with Gasteiger partial charge in [0.2, 0.25) is 0 Å². The van der Waals surface area contributed by atoms with Gasteiger partial charge < -0.3 is 20.9 Å². The van der Waals surface area contributed by atoms with Gasteiger partial charge in [-0.2, -0.15) is 0 Å². The van der Waals surface area contributed by atoms with Gasteiger partial charge in [-0.15, -0.1) is 0 Å². The molecule has 5 nitrogen and oxygen atoms in total. The van der Waals surface area contributed by atoms with E-state index < -0.39 is 0 Å². The standard InChI is InChI=1S/C16H37N5/c1-4-17-5-13-21(15-16(2)3)14-9-19-8-12-20-10-6-18-7-11-20/h16-19H,4-15H2,1-3H3. The van der Waals surface area contributed by atoms with Crippen molar-refractivity contribution in [2.45, 2.75) is 20.8 Å². The third-order valence-electron chi connectivity index (χ3n) is 3.90. The van der Waals surface area contributed by atoms with E-state index in [1.807, 2.05) is 0 Å². The Morgan fingerprint density at radius 1 is 1.05 bits per heavy atom. The summed E-state index contributed by atoms with van der Waals surface area (Å²) in [6, 6.07) is 0. The lowest BCUT2D eigenvalue weighted by atomic mass is 10.2. The van der Waals surface area contributed by atoms with Crippen LogP contribution in [0, 0.1) is 5.92 Å². The first kappa shape index (κ1) is 18.8. The van der Waals surface area contributed by atoms with Gasteiger partial charge in [-0.05, 0) is 12.5 Å². The van der Waals surface area contributed by atoms with Gasteiger partial charge >= 0.3 is 0 Å². The zero-order chi connectivity index (χ0) is 15.3. The summed E-state index contributed by atoms with van der Waals surface area (Å²) in [5, 5.41) is 10.4. The van der Waals surface area contributed by atoms with Gasteiger partial charge in [0, 0.05) is 72.0 Å². The molecule has 1 aliphatic heterocycles. The Hall–Kier alpha value is -0.200. The summed E-state index contributed by atoms with van der Waals surface area (Å²) in [4.78, 5) is 5.12. The maximum atomic E-state index is 3.60. The van der Waals surface area contributed by atoms with E-state index in [-0.39, 0.29) is 0 Å². The maximum Gasteiger partial charge on any atom is 0.0108 e. The molecular weight excluding hydrogens is 262 g/mol. The lowest BCUT2D eigenvalue weighted by Crippen LogP contribution is -2.46. The molecule has 0 aliphatic carbocycles. The van der Waals surface area contributed by atoms with Crippen molar-refractivity contribution in [2.24, 2.45) is 5.92 Å². The van der Waals surface area contributed by atoms with Crippen molar-refractivity contribution in [1.29, 1.82) is 0 Å². The van der Waals surface area contributed by atoms with E-state index in [0.717, 1.165) is 58.3 Å². The van der Waals surface area contributed by atoms with E-state index in [1.54, 1.807) is 0 Å². The Morgan fingerprint density at radius 2 is 1.71 bits per heavy atom. The molecule has 0 aromatic heterocycles. The summed E-state index contributed by atoms with van der Waals surface area (Å²) in [5.74, 6) is 0.743. The Labute approximate surface area is 131 Å². The Kier molecular flexibility index (Phi) is 11.1. The minimum Gasteiger partial charge on any atom is -0.316 e. The molecule has 0 saturated carbocycles. The van der Waals surface area contributed by atoms with Gasteiger partial charge in [0.15, 0.2) is 0 Å². The minimum absolute atomic E-state index is 0.743. The van der Waals surface area contributed by atoms with Crippen LogP contribution in [-0.4, -0.2) is 88.3 Å². The van der Waals surface area contributed by atoms with Crippen LogP contribution in [0.15, 0.2) is 0 Å². The molecule has 1 heterocycles. The summed E-state index contributed by atoms with van der Waals surface area (Å²) in [6.45, 7) is 20.5. The van der Waals surface area contributed by atoms with Crippen molar-refractivity contribution >= 4 is 0 Å². The first-order valence-corrected chi connectivity index (χ1v) is 8.79. The molecule has 0 spiro atoms. The minimum atomic E-state index is 0.743. The summed E-state index contributed by atoms with van der Waals surface area (Å²) < 4.78 is 0. The van der Waals surface area contributed by atoms with Gasteiger partial charge in [-0.25, -0.2) is 0 Å². The maximum absolute atomic E-state index is 3.60. The van der Waals surface area contributed by atoms with Crippen molar-refractivity contribution in [1.82, 2.24) is 25.8 Å². The fourth-order valence-corrected chi connectivity index (χ4v) is 2.76. The lowest BCUT2D eigenvalue weighted by molar-refractivity contribution is 0.229. The van der Waals surface area contributed by atoms with Crippen molar-refractivity contribution in [3.8, 4) is 0 Å². The largest absolute Gasteiger partial charge is 0.316 e. The second-order valence-electron chi connectivity index (χ2n) is 6.39. The first-order valence-electron chi connectivity index (χ1n) is 8.79. The highest BCUT2D eigenvalue weighted by Gasteiger charge is 2.09. The lowest BCUT2D eigenvalue weighted by Gasteiger charge is -2.28. The van der Waals surface area contributed by atoms with E-state index >= 15 is 0 Å². The third-order valence-corrected chi connectivity index (χ3v) is 3.90. The average molecular weight is 300 g/mol. The smallest absolute Gasteiger partial charge is 0.0108 e. The van der Waals surface area contributed by atoms with Crippen LogP contribution < -0.4 is 16.0 Å². The molecule has 1 rings (SSSR count). The van der Waals surface area contributed by atoms with Crippen molar-refractivity contribution in [3.05, 3.63) is 0 Å². The molecule has 0 amide bonds. The van der Waals surface area contributed by atoms with Crippen LogP contribution in [-0.2, 0) is 0 Å². The molecule has 0 atom stereocenters. The van der Waals surface area contributed by atoms with E-state index in [9.17, 15) is 0 Å². The molecule has 1 aliphatic rings. The Bertz CT molecular complexity index is 229. The predicted octanol–water partition coefficient (Wildman–Crippen LogP) is 0.0487. The number of piperazine rings is 1. The second-order valence-corrected chi connectivity index (χ2v) is 6.39. The second kappa shape index (κ2) is 12.4. The zero-order valence-corrected chi connectivity index (χ0v) is 14.5. The number of rotatable bonds is 12. The number of hydrogen-bond donors (Lipinski definition) is 3. The molecule has 0 aromatic carbocycles. The van der Waals surface area contributed by atoms with Crippen molar-refractivity contribution in [2.75, 3.05) is 78.5 Å². The first-order chi connectivity index (χ1) is 10.2. The monoisotopic (exact) mass is 299 g/mol. The number of nitrogens with zero attached hydrogens (tertiary/aromatic N) is 2. The van der Waals surface area contributed by atoms with Gasteiger partial charge in [0.05, 0.1) is 0 Å². The van der Waals surface area contributed by atoms with Crippen LogP contribution in [0.4, 0.5) is 0 Å². The Balaban J connectivity index is 2.04. The molecule has 0 aromatic rings. The van der Waals surface area contributed by atoms with Gasteiger partial charge in [0.1, 0.15) is 0 Å². The average Bonchev–Trinajstić information content (AvgIpc) is 2.47. The summed E-state index contributed by atoms with van der Waals surface area (Å²) >= 11 is 0. The quantitative estimate of drug-likeness (QED) is 0.444. The van der Waals surface area contributed by atoms with Gasteiger partial charge in [0.25, 0.3) is 0 Å². The molecule has 3 N–H and O–H groups in total. The van der Waals surface area contributed by atoms with Gasteiger partial charge in [-0.3, -0.25) is 4.90 Å². The number of hydrogen-bond acceptors (Lipinski definition) is 5. The highest BCUT2D eigenvalue weighted by molar-refractivity contribution is 4.69. The van der Waals surface area contributed by atoms with Crippen LogP contribution >= 0.6 is 0 Å². The zero-order valence-electron chi connectivity index (χ0n) is 14.5. The molecule has 5 heteroatoms. The predicted molar refractivity (Wildman–Crippen MR) is 92.0 cm³/mol. The normalized spacial score (nSPS) is 17.0. The van der Waals surface area contributed by atoms with Crippen molar-refractivity contribution < 1.29 is 0 Å². The van der Waals surface area contributed by atoms with Crippen LogP contribution in [0.25, 0.3) is 0 Å². The highest BCUT2D eigenvalue weighted by Crippen LogP contribution is 1.97. The van der Waals surface area contributed by atoms with Gasteiger partial charge in [-0.1, -0.05) is 20.8 Å². The topological polar surface area (TPSA) is 42.6 Å². The molecule has 1 saturated heterocycles. The Morgan fingerprint density at radius 3 is 2.33 bits per heavy atom. The number of nitrogens with one attached hydrogen (secondary N) is 3. The molecule has 1 fully saturated rings. The molecule has 21 heavy (non-hydrogen) atoms. The summed E-state index contributed by atoms with van der Waals surface area (Å²) in [5.41, 5.74) is 0. The van der Waals surface area contributed by atoms with Crippen LogP contribution in [0.2, 0.25) is 0 Å². The van der Waals surface area contributed by atoms with Crippen LogP contribution in [0.1, 0.15) is 20.8 Å². The fourth-order valence-electron chi connectivity index (χ4n) is 2.76. The van der Waals surface area contributed by atoms with E-state index in [1.165, 1.54) is 26.2 Å². The molecule has 0 bridgehead atoms. The highest BCUT2D eigenvalue weighted by atomic mass is 15.2. The third kappa shape index (κ3) is 10.2. The van der Waals surface area contributed by atoms with E-state index in [4.69, 9.17) is 0 Å². The molecular formula is C16H37N5.